The first kappa shape index (κ1) is 15.5. The molecule has 0 saturated heterocycles. The lowest BCUT2D eigenvalue weighted by Gasteiger charge is -2.10. The number of anilines is 3. The zero-order valence-electron chi connectivity index (χ0n) is 12.2. The number of hydrogen-bond acceptors (Lipinski definition) is 5. The standard InChI is InChI=1S/C15H19ClN4O/c1-11-10-14(17-8-3-9-21-2)20-15(18-11)19-13-6-4-12(16)5-7-13/h4-7,10H,3,8-9H2,1-2H3,(H2,17,18,19,20). The summed E-state index contributed by atoms with van der Waals surface area (Å²) in [6, 6.07) is 9.34. The van der Waals surface area contributed by atoms with E-state index >= 15 is 0 Å². The highest BCUT2D eigenvalue weighted by Gasteiger charge is 2.03. The van der Waals surface area contributed by atoms with Gasteiger partial charge in [0.25, 0.3) is 0 Å². The van der Waals surface area contributed by atoms with Gasteiger partial charge in [0.2, 0.25) is 5.95 Å². The van der Waals surface area contributed by atoms with Crippen LogP contribution in [0.1, 0.15) is 12.1 Å². The Kier molecular flexibility index (Phi) is 5.78. The van der Waals surface area contributed by atoms with Crippen molar-refractivity contribution in [3.8, 4) is 0 Å². The third-order valence-corrected chi connectivity index (χ3v) is 3.04. The van der Waals surface area contributed by atoms with Crippen molar-refractivity contribution >= 4 is 29.1 Å². The van der Waals surface area contributed by atoms with Crippen LogP contribution in [0.3, 0.4) is 0 Å². The van der Waals surface area contributed by atoms with Crippen LogP contribution in [0.15, 0.2) is 30.3 Å². The van der Waals surface area contributed by atoms with E-state index in [-0.39, 0.29) is 0 Å². The Hall–Kier alpha value is -1.85. The van der Waals surface area contributed by atoms with Gasteiger partial charge in [0, 0.05) is 42.7 Å². The highest BCUT2D eigenvalue weighted by Crippen LogP contribution is 2.18. The summed E-state index contributed by atoms with van der Waals surface area (Å²) in [4.78, 5) is 8.82. The lowest BCUT2D eigenvalue weighted by molar-refractivity contribution is 0.198. The minimum Gasteiger partial charge on any atom is -0.385 e. The molecule has 1 aromatic heterocycles. The van der Waals surface area contributed by atoms with Crippen molar-refractivity contribution in [1.82, 2.24) is 9.97 Å². The van der Waals surface area contributed by atoms with Crippen molar-refractivity contribution in [3.05, 3.63) is 41.0 Å². The number of methoxy groups -OCH3 is 1. The first-order valence-corrected chi connectivity index (χ1v) is 7.16. The molecule has 0 spiro atoms. The van der Waals surface area contributed by atoms with Crippen molar-refractivity contribution in [1.29, 1.82) is 0 Å². The Morgan fingerprint density at radius 3 is 2.67 bits per heavy atom. The van der Waals surface area contributed by atoms with Gasteiger partial charge >= 0.3 is 0 Å². The van der Waals surface area contributed by atoms with E-state index in [1.165, 1.54) is 0 Å². The molecule has 0 saturated carbocycles. The molecule has 0 radical (unpaired) electrons. The van der Waals surface area contributed by atoms with E-state index in [9.17, 15) is 0 Å². The van der Waals surface area contributed by atoms with Crippen LogP contribution in [0, 0.1) is 6.92 Å². The molecule has 6 heteroatoms. The first-order chi connectivity index (χ1) is 10.2. The molecule has 2 aromatic rings. The van der Waals surface area contributed by atoms with Crippen LogP contribution < -0.4 is 10.6 Å². The average molecular weight is 307 g/mol. The number of rotatable bonds is 7. The molecule has 1 aromatic carbocycles. The molecule has 0 fully saturated rings. The second kappa shape index (κ2) is 7.81. The van der Waals surface area contributed by atoms with Gasteiger partial charge < -0.3 is 15.4 Å². The van der Waals surface area contributed by atoms with Crippen molar-refractivity contribution in [2.24, 2.45) is 0 Å². The van der Waals surface area contributed by atoms with E-state index in [4.69, 9.17) is 16.3 Å². The fourth-order valence-electron chi connectivity index (χ4n) is 1.81. The lowest BCUT2D eigenvalue weighted by atomic mass is 10.3. The summed E-state index contributed by atoms with van der Waals surface area (Å²) in [6.07, 6.45) is 0.930. The topological polar surface area (TPSA) is 59.1 Å². The molecule has 0 atom stereocenters. The molecule has 0 aliphatic heterocycles. The van der Waals surface area contributed by atoms with Crippen LogP contribution >= 0.6 is 11.6 Å². The van der Waals surface area contributed by atoms with Crippen molar-refractivity contribution in [2.45, 2.75) is 13.3 Å². The van der Waals surface area contributed by atoms with Crippen molar-refractivity contribution in [2.75, 3.05) is 30.9 Å². The average Bonchev–Trinajstić information content (AvgIpc) is 2.46. The van der Waals surface area contributed by atoms with Crippen molar-refractivity contribution < 1.29 is 4.74 Å². The molecule has 0 aliphatic rings. The van der Waals surface area contributed by atoms with E-state index in [2.05, 4.69) is 20.6 Å². The van der Waals surface area contributed by atoms with E-state index < -0.39 is 0 Å². The molecule has 112 valence electrons. The van der Waals surface area contributed by atoms with E-state index in [0.717, 1.165) is 36.8 Å². The maximum absolute atomic E-state index is 5.87. The lowest BCUT2D eigenvalue weighted by Crippen LogP contribution is -2.08. The van der Waals surface area contributed by atoms with Gasteiger partial charge in [-0.25, -0.2) is 4.98 Å². The summed E-state index contributed by atoms with van der Waals surface area (Å²) in [5.74, 6) is 1.36. The van der Waals surface area contributed by atoms with Gasteiger partial charge in [-0.3, -0.25) is 0 Å². The van der Waals surface area contributed by atoms with Gasteiger partial charge in [0.1, 0.15) is 5.82 Å². The van der Waals surface area contributed by atoms with Gasteiger partial charge in [-0.15, -0.1) is 0 Å². The smallest absolute Gasteiger partial charge is 0.229 e. The second-order valence-electron chi connectivity index (χ2n) is 4.62. The normalized spacial score (nSPS) is 10.4. The van der Waals surface area contributed by atoms with E-state index in [0.29, 0.717) is 11.0 Å². The van der Waals surface area contributed by atoms with Crippen LogP contribution in [-0.2, 0) is 4.74 Å². The molecule has 0 aliphatic carbocycles. The summed E-state index contributed by atoms with van der Waals surface area (Å²) < 4.78 is 5.02. The number of benzene rings is 1. The Morgan fingerprint density at radius 2 is 1.95 bits per heavy atom. The molecule has 1 heterocycles. The number of nitrogens with one attached hydrogen (secondary N) is 2. The number of aryl methyl sites for hydroxylation is 1. The SMILES string of the molecule is COCCCNc1cc(C)nc(Nc2ccc(Cl)cc2)n1. The maximum Gasteiger partial charge on any atom is 0.229 e. The number of ether oxygens (including phenoxy) is 1. The number of halogens is 1. The summed E-state index contributed by atoms with van der Waals surface area (Å²) in [5.41, 5.74) is 1.80. The molecule has 2 N–H and O–H groups in total. The first-order valence-electron chi connectivity index (χ1n) is 6.78. The van der Waals surface area contributed by atoms with Gasteiger partial charge in [0.15, 0.2) is 0 Å². The summed E-state index contributed by atoms with van der Waals surface area (Å²) in [5, 5.41) is 7.13. The van der Waals surface area contributed by atoms with Gasteiger partial charge in [-0.1, -0.05) is 11.6 Å². The molecule has 21 heavy (non-hydrogen) atoms. The number of hydrogen-bond donors (Lipinski definition) is 2. The Morgan fingerprint density at radius 1 is 1.19 bits per heavy atom. The largest absolute Gasteiger partial charge is 0.385 e. The quantitative estimate of drug-likeness (QED) is 0.765. The highest BCUT2D eigenvalue weighted by molar-refractivity contribution is 6.30. The molecule has 0 bridgehead atoms. The van der Waals surface area contributed by atoms with Crippen LogP contribution in [0.4, 0.5) is 17.5 Å². The molecule has 2 rings (SSSR count). The fraction of sp³-hybridized carbons (Fsp3) is 0.333. The molecule has 0 unspecified atom stereocenters. The highest BCUT2D eigenvalue weighted by atomic mass is 35.5. The maximum atomic E-state index is 5.87. The minimum atomic E-state index is 0.562. The number of aromatic nitrogens is 2. The minimum absolute atomic E-state index is 0.562. The monoisotopic (exact) mass is 306 g/mol. The predicted octanol–water partition coefficient (Wildman–Crippen LogP) is 3.63. The van der Waals surface area contributed by atoms with Gasteiger partial charge in [-0.05, 0) is 37.6 Å². The predicted molar refractivity (Wildman–Crippen MR) is 86.5 cm³/mol. The third-order valence-electron chi connectivity index (χ3n) is 2.79. The van der Waals surface area contributed by atoms with Gasteiger partial charge in [-0.2, -0.15) is 4.98 Å². The molecular formula is C15H19ClN4O. The molecule has 5 nitrogen and oxygen atoms in total. The van der Waals surface area contributed by atoms with Crippen LogP contribution in [-0.4, -0.2) is 30.2 Å². The second-order valence-corrected chi connectivity index (χ2v) is 5.06. The third kappa shape index (κ3) is 5.21. The van der Waals surface area contributed by atoms with Crippen molar-refractivity contribution in [3.63, 3.8) is 0 Å². The Balaban J connectivity index is 2.02. The summed E-state index contributed by atoms with van der Waals surface area (Å²) >= 11 is 5.87. The van der Waals surface area contributed by atoms with Crippen LogP contribution in [0.5, 0.6) is 0 Å². The van der Waals surface area contributed by atoms with Gasteiger partial charge in [0.05, 0.1) is 0 Å². The van der Waals surface area contributed by atoms with E-state index in [1.807, 2.05) is 37.3 Å². The fourth-order valence-corrected chi connectivity index (χ4v) is 1.94. The molecule has 0 amide bonds. The Labute approximate surface area is 129 Å². The van der Waals surface area contributed by atoms with Crippen LogP contribution in [0.25, 0.3) is 0 Å². The zero-order valence-corrected chi connectivity index (χ0v) is 12.9. The van der Waals surface area contributed by atoms with Crippen LogP contribution in [0.2, 0.25) is 5.02 Å². The van der Waals surface area contributed by atoms with E-state index in [1.54, 1.807) is 7.11 Å². The summed E-state index contributed by atoms with van der Waals surface area (Å²) in [6.45, 7) is 3.48. The molecular weight excluding hydrogens is 288 g/mol. The number of nitrogens with zero attached hydrogens (tertiary/aromatic N) is 2. The summed E-state index contributed by atoms with van der Waals surface area (Å²) in [7, 11) is 1.70. The Bertz CT molecular complexity index is 574. The zero-order chi connectivity index (χ0) is 15.1.